The number of hydrogen-bond acceptors (Lipinski definition) is 3. The Morgan fingerprint density at radius 3 is 2.42 bits per heavy atom. The van der Waals surface area contributed by atoms with E-state index in [2.05, 4.69) is 39.5 Å². The largest absolute Gasteiger partial charge is 0.361 e. The van der Waals surface area contributed by atoms with Crippen molar-refractivity contribution in [1.29, 1.82) is 0 Å². The monoisotopic (exact) mass is 479 g/mol. The molecule has 168 valence electrons. The van der Waals surface area contributed by atoms with E-state index in [4.69, 9.17) is 27.9 Å². The predicted octanol–water partition coefficient (Wildman–Crippen LogP) is 7.12. The maximum absolute atomic E-state index is 13.4. The first-order valence-corrected chi connectivity index (χ1v) is 12.4. The standard InChI is InChI=1S/C25H31Cl2NO2S/c1-6-21(16-31-24(2,3)4)28-22(29)15-30-23(17-8-7-9-20(27)14-17)25(28,5)18-10-12-19(26)13-11-18/h7-14,21,23H,6,15-16H2,1-5H3/t21-,23+,25+/m0/s1. The van der Waals surface area contributed by atoms with E-state index in [-0.39, 0.29) is 29.4 Å². The number of benzene rings is 2. The van der Waals surface area contributed by atoms with Gasteiger partial charge in [0, 0.05) is 26.6 Å². The van der Waals surface area contributed by atoms with Gasteiger partial charge in [-0.25, -0.2) is 0 Å². The maximum Gasteiger partial charge on any atom is 0.249 e. The van der Waals surface area contributed by atoms with Gasteiger partial charge >= 0.3 is 0 Å². The number of nitrogens with zero attached hydrogens (tertiary/aromatic N) is 1. The van der Waals surface area contributed by atoms with Gasteiger partial charge in [0.05, 0.1) is 5.54 Å². The van der Waals surface area contributed by atoms with Gasteiger partial charge in [-0.3, -0.25) is 4.79 Å². The van der Waals surface area contributed by atoms with Gasteiger partial charge in [-0.15, -0.1) is 0 Å². The summed E-state index contributed by atoms with van der Waals surface area (Å²) in [5.41, 5.74) is 1.25. The Balaban J connectivity index is 2.13. The van der Waals surface area contributed by atoms with Crippen molar-refractivity contribution < 1.29 is 9.53 Å². The fourth-order valence-electron chi connectivity index (χ4n) is 4.24. The van der Waals surface area contributed by atoms with Crippen LogP contribution in [0.15, 0.2) is 48.5 Å². The van der Waals surface area contributed by atoms with Crippen molar-refractivity contribution in [2.45, 2.75) is 63.5 Å². The molecule has 1 saturated heterocycles. The summed E-state index contributed by atoms with van der Waals surface area (Å²) in [6.45, 7) is 10.9. The number of thioether (sulfide) groups is 1. The fraction of sp³-hybridized carbons (Fsp3) is 0.480. The van der Waals surface area contributed by atoms with Crippen LogP contribution in [0.3, 0.4) is 0 Å². The van der Waals surface area contributed by atoms with Gasteiger partial charge in [-0.05, 0) is 48.7 Å². The number of halogens is 2. The number of ether oxygens (including phenoxy) is 1. The van der Waals surface area contributed by atoms with Crippen LogP contribution in [0, 0.1) is 0 Å². The van der Waals surface area contributed by atoms with Gasteiger partial charge in [0.2, 0.25) is 5.91 Å². The summed E-state index contributed by atoms with van der Waals surface area (Å²) in [5, 5.41) is 1.31. The molecule has 0 aliphatic carbocycles. The van der Waals surface area contributed by atoms with E-state index in [0.29, 0.717) is 10.0 Å². The third-order valence-electron chi connectivity index (χ3n) is 5.78. The van der Waals surface area contributed by atoms with Gasteiger partial charge in [0.25, 0.3) is 0 Å². The molecular formula is C25H31Cl2NO2S. The first-order chi connectivity index (χ1) is 14.6. The highest BCUT2D eigenvalue weighted by atomic mass is 35.5. The van der Waals surface area contributed by atoms with Crippen LogP contribution in [0.1, 0.15) is 58.3 Å². The highest BCUT2D eigenvalue weighted by Crippen LogP contribution is 2.48. The molecular weight excluding hydrogens is 449 g/mol. The van der Waals surface area contributed by atoms with E-state index in [1.165, 1.54) is 0 Å². The summed E-state index contributed by atoms with van der Waals surface area (Å²) in [5.74, 6) is 0.870. The second-order valence-electron chi connectivity index (χ2n) is 9.15. The van der Waals surface area contributed by atoms with Crippen LogP contribution >= 0.6 is 35.0 Å². The van der Waals surface area contributed by atoms with E-state index in [1.54, 1.807) is 0 Å². The zero-order chi connectivity index (χ0) is 22.8. The molecule has 0 spiro atoms. The Kier molecular flexibility index (Phi) is 7.68. The summed E-state index contributed by atoms with van der Waals surface area (Å²) >= 11 is 14.4. The molecule has 0 N–H and O–H groups in total. The number of carbonyl (C=O) groups is 1. The number of amides is 1. The average Bonchev–Trinajstić information content (AvgIpc) is 2.70. The van der Waals surface area contributed by atoms with Gasteiger partial charge < -0.3 is 9.64 Å². The highest BCUT2D eigenvalue weighted by molar-refractivity contribution is 8.00. The van der Waals surface area contributed by atoms with Gasteiger partial charge in [0.1, 0.15) is 12.7 Å². The van der Waals surface area contributed by atoms with Crippen LogP contribution < -0.4 is 0 Å². The molecule has 1 amide bonds. The minimum atomic E-state index is -0.705. The number of rotatable bonds is 6. The molecule has 0 unspecified atom stereocenters. The molecule has 31 heavy (non-hydrogen) atoms. The quantitative estimate of drug-likeness (QED) is 0.441. The molecule has 3 nitrogen and oxygen atoms in total. The third kappa shape index (κ3) is 5.42. The Morgan fingerprint density at radius 1 is 1.16 bits per heavy atom. The molecule has 1 aliphatic rings. The summed E-state index contributed by atoms with van der Waals surface area (Å²) < 4.78 is 6.33. The van der Waals surface area contributed by atoms with Crippen LogP contribution in [0.5, 0.6) is 0 Å². The fourth-order valence-corrected chi connectivity index (χ4v) is 5.65. The first-order valence-electron chi connectivity index (χ1n) is 10.7. The molecule has 0 saturated carbocycles. The normalized spacial score (nSPS) is 23.1. The van der Waals surface area contributed by atoms with Crippen LogP contribution in [0.2, 0.25) is 10.0 Å². The van der Waals surface area contributed by atoms with E-state index in [9.17, 15) is 4.79 Å². The lowest BCUT2D eigenvalue weighted by atomic mass is 9.79. The summed E-state index contributed by atoms with van der Waals surface area (Å²) in [7, 11) is 0. The van der Waals surface area contributed by atoms with Crippen molar-refractivity contribution in [3.05, 3.63) is 69.7 Å². The average molecular weight is 481 g/mol. The maximum atomic E-state index is 13.4. The van der Waals surface area contributed by atoms with E-state index in [0.717, 1.165) is 23.3 Å². The highest BCUT2D eigenvalue weighted by Gasteiger charge is 2.51. The third-order valence-corrected chi connectivity index (χ3v) is 7.68. The van der Waals surface area contributed by atoms with Crippen molar-refractivity contribution in [1.82, 2.24) is 4.90 Å². The SMILES string of the molecule is CC[C@@H](CSC(C)(C)C)N1C(=O)CO[C@H](c2cccc(Cl)c2)[C@@]1(C)c1ccc(Cl)cc1. The van der Waals surface area contributed by atoms with Crippen LogP contribution in [0.25, 0.3) is 0 Å². The van der Waals surface area contributed by atoms with Crippen molar-refractivity contribution in [3.63, 3.8) is 0 Å². The van der Waals surface area contributed by atoms with Crippen LogP contribution in [-0.2, 0) is 15.1 Å². The molecule has 3 rings (SSSR count). The van der Waals surface area contributed by atoms with Gasteiger partial charge in [0.15, 0.2) is 0 Å². The zero-order valence-electron chi connectivity index (χ0n) is 18.8. The molecule has 6 heteroatoms. The second-order valence-corrected chi connectivity index (χ2v) is 11.9. The lowest BCUT2D eigenvalue weighted by Gasteiger charge is -2.53. The van der Waals surface area contributed by atoms with Crippen molar-refractivity contribution in [2.75, 3.05) is 12.4 Å². The minimum Gasteiger partial charge on any atom is -0.361 e. The zero-order valence-corrected chi connectivity index (χ0v) is 21.2. The van der Waals surface area contributed by atoms with Crippen LogP contribution in [0.4, 0.5) is 0 Å². The second kappa shape index (κ2) is 9.74. The van der Waals surface area contributed by atoms with Gasteiger partial charge in [-0.2, -0.15) is 11.8 Å². The summed E-state index contributed by atoms with van der Waals surface area (Å²) in [4.78, 5) is 15.4. The molecule has 2 aromatic rings. The Labute approximate surface area is 200 Å². The van der Waals surface area contributed by atoms with Crippen molar-refractivity contribution in [2.24, 2.45) is 0 Å². The molecule has 1 fully saturated rings. The predicted molar refractivity (Wildman–Crippen MR) is 132 cm³/mol. The topological polar surface area (TPSA) is 29.5 Å². The first kappa shape index (κ1) is 24.4. The van der Waals surface area contributed by atoms with E-state index in [1.807, 2.05) is 60.3 Å². The minimum absolute atomic E-state index is 0.0112. The van der Waals surface area contributed by atoms with E-state index < -0.39 is 5.54 Å². The Hall–Kier alpha value is -1.20. The smallest absolute Gasteiger partial charge is 0.249 e. The lowest BCUT2D eigenvalue weighted by molar-refractivity contribution is -0.179. The van der Waals surface area contributed by atoms with E-state index >= 15 is 0 Å². The summed E-state index contributed by atoms with van der Waals surface area (Å²) in [6.07, 6.45) is 0.513. The van der Waals surface area contributed by atoms with Gasteiger partial charge in [-0.1, -0.05) is 75.2 Å². The molecule has 0 bridgehead atoms. The molecule has 1 heterocycles. The lowest BCUT2D eigenvalue weighted by Crippen LogP contribution is -2.61. The molecule has 0 radical (unpaired) electrons. The van der Waals surface area contributed by atoms with Crippen molar-refractivity contribution >= 4 is 40.9 Å². The Morgan fingerprint density at radius 2 is 1.84 bits per heavy atom. The Bertz CT molecular complexity index is 912. The molecule has 1 aliphatic heterocycles. The summed E-state index contributed by atoms with van der Waals surface area (Å²) in [6, 6.07) is 15.5. The van der Waals surface area contributed by atoms with Crippen molar-refractivity contribution in [3.8, 4) is 0 Å². The molecule has 3 atom stereocenters. The number of morpholine rings is 1. The molecule has 2 aromatic carbocycles. The molecule has 0 aromatic heterocycles. The van der Waals surface area contributed by atoms with Crippen LogP contribution in [-0.4, -0.2) is 34.0 Å². The number of hydrogen-bond donors (Lipinski definition) is 0. The number of carbonyl (C=O) groups excluding carboxylic acids is 1.